The van der Waals surface area contributed by atoms with Gasteiger partial charge >= 0.3 is 0 Å². The SMILES string of the molecule is CCCCC1CCCCN1CCCNC(=O)c1ccc2cn(Cc3ccc(Cl)cc3)c(O)c2c1. The highest BCUT2D eigenvalue weighted by molar-refractivity contribution is 6.30. The summed E-state index contributed by atoms with van der Waals surface area (Å²) in [5.41, 5.74) is 1.62. The first-order valence-electron chi connectivity index (χ1n) is 12.6. The maximum atomic E-state index is 12.8. The second-order valence-corrected chi connectivity index (χ2v) is 9.88. The van der Waals surface area contributed by atoms with E-state index >= 15 is 0 Å². The molecule has 1 fully saturated rings. The molecule has 0 spiro atoms. The minimum Gasteiger partial charge on any atom is -0.494 e. The molecule has 1 saturated heterocycles. The van der Waals surface area contributed by atoms with Gasteiger partial charge in [-0.1, -0.05) is 56.0 Å². The molecule has 2 heterocycles. The van der Waals surface area contributed by atoms with E-state index in [0.717, 1.165) is 23.9 Å². The van der Waals surface area contributed by atoms with E-state index in [1.165, 1.54) is 45.1 Å². The molecule has 2 aromatic carbocycles. The molecular weight excluding hydrogens is 446 g/mol. The van der Waals surface area contributed by atoms with Crippen LogP contribution in [0.25, 0.3) is 10.8 Å². The third kappa shape index (κ3) is 6.13. The highest BCUT2D eigenvalue weighted by atomic mass is 35.5. The van der Waals surface area contributed by atoms with Gasteiger partial charge in [0, 0.05) is 46.7 Å². The molecule has 6 heteroatoms. The predicted molar refractivity (Wildman–Crippen MR) is 140 cm³/mol. The van der Waals surface area contributed by atoms with Gasteiger partial charge < -0.3 is 19.9 Å². The van der Waals surface area contributed by atoms with E-state index in [2.05, 4.69) is 17.1 Å². The lowest BCUT2D eigenvalue weighted by Crippen LogP contribution is -2.41. The second-order valence-electron chi connectivity index (χ2n) is 9.45. The molecule has 182 valence electrons. The number of aromatic nitrogens is 1. The molecule has 0 saturated carbocycles. The molecule has 1 unspecified atom stereocenters. The summed E-state index contributed by atoms with van der Waals surface area (Å²) >= 11 is 5.97. The number of hydrogen-bond donors (Lipinski definition) is 2. The molecule has 1 aliphatic rings. The smallest absolute Gasteiger partial charge is 0.251 e. The molecule has 0 bridgehead atoms. The van der Waals surface area contributed by atoms with Gasteiger partial charge in [0.2, 0.25) is 0 Å². The summed E-state index contributed by atoms with van der Waals surface area (Å²) < 4.78 is 1.79. The molecule has 1 amide bonds. The average molecular weight is 482 g/mol. The molecule has 2 N–H and O–H groups in total. The quantitative estimate of drug-likeness (QED) is 0.338. The standard InChI is InChI=1S/C28H36ClN3O2/c1-2-3-7-25-8-4-5-16-31(25)17-6-15-30-27(33)22-11-12-23-20-32(28(34)26(23)18-22)19-21-9-13-24(29)14-10-21/h9-14,18,20,25,34H,2-8,15-17,19H2,1H3,(H,30,33). The van der Waals surface area contributed by atoms with Crippen LogP contribution in [0, 0.1) is 0 Å². The number of carbonyl (C=O) groups excluding carboxylic acids is 1. The summed E-state index contributed by atoms with van der Waals surface area (Å²) in [6, 6.07) is 13.8. The van der Waals surface area contributed by atoms with Crippen molar-refractivity contribution < 1.29 is 9.90 Å². The number of halogens is 1. The van der Waals surface area contributed by atoms with E-state index in [-0.39, 0.29) is 11.8 Å². The lowest BCUT2D eigenvalue weighted by molar-refractivity contribution is 0.0947. The normalized spacial score (nSPS) is 16.7. The summed E-state index contributed by atoms with van der Waals surface area (Å²) in [6.07, 6.45) is 10.7. The molecule has 0 radical (unpaired) electrons. The number of piperidine rings is 1. The second kappa shape index (κ2) is 11.8. The van der Waals surface area contributed by atoms with E-state index in [1.807, 2.05) is 42.6 Å². The van der Waals surface area contributed by atoms with Crippen LogP contribution in [0.1, 0.15) is 67.8 Å². The van der Waals surface area contributed by atoms with Gasteiger partial charge in [-0.25, -0.2) is 0 Å². The molecule has 1 aromatic heterocycles. The number of nitrogens with zero attached hydrogens (tertiary/aromatic N) is 2. The number of hydrogen-bond acceptors (Lipinski definition) is 3. The molecule has 34 heavy (non-hydrogen) atoms. The van der Waals surface area contributed by atoms with Crippen molar-refractivity contribution in [1.29, 1.82) is 0 Å². The van der Waals surface area contributed by atoms with Crippen molar-refractivity contribution in [1.82, 2.24) is 14.8 Å². The highest BCUT2D eigenvalue weighted by Gasteiger charge is 2.21. The number of nitrogens with one attached hydrogen (secondary N) is 1. The van der Waals surface area contributed by atoms with Gasteiger partial charge in [-0.05, 0) is 62.1 Å². The van der Waals surface area contributed by atoms with Gasteiger partial charge in [-0.3, -0.25) is 4.79 Å². The highest BCUT2D eigenvalue weighted by Crippen LogP contribution is 2.29. The number of amides is 1. The number of fused-ring (bicyclic) bond motifs is 1. The third-order valence-corrected chi connectivity index (χ3v) is 7.19. The van der Waals surface area contributed by atoms with Gasteiger partial charge in [0.05, 0.1) is 6.54 Å². The number of unbranched alkanes of at least 4 members (excludes halogenated alkanes) is 1. The summed E-state index contributed by atoms with van der Waals surface area (Å²) in [6.45, 7) is 5.69. The third-order valence-electron chi connectivity index (χ3n) is 6.94. The summed E-state index contributed by atoms with van der Waals surface area (Å²) in [7, 11) is 0. The monoisotopic (exact) mass is 481 g/mol. The van der Waals surface area contributed by atoms with Crippen LogP contribution in [-0.4, -0.2) is 46.2 Å². The van der Waals surface area contributed by atoms with E-state index in [1.54, 1.807) is 10.6 Å². The zero-order chi connectivity index (χ0) is 23.9. The van der Waals surface area contributed by atoms with Crippen molar-refractivity contribution in [3.05, 3.63) is 64.8 Å². The first-order chi connectivity index (χ1) is 16.5. The van der Waals surface area contributed by atoms with E-state index in [0.29, 0.717) is 35.1 Å². The van der Waals surface area contributed by atoms with Crippen LogP contribution < -0.4 is 5.32 Å². The number of carbonyl (C=O) groups is 1. The van der Waals surface area contributed by atoms with Crippen LogP contribution in [0.3, 0.4) is 0 Å². The maximum absolute atomic E-state index is 12.8. The lowest BCUT2D eigenvalue weighted by atomic mass is 9.97. The Kier molecular flexibility index (Phi) is 8.52. The number of benzene rings is 2. The summed E-state index contributed by atoms with van der Waals surface area (Å²) in [4.78, 5) is 15.4. The van der Waals surface area contributed by atoms with Gasteiger partial charge in [0.15, 0.2) is 5.88 Å². The number of likely N-dealkylation sites (tertiary alicyclic amines) is 1. The van der Waals surface area contributed by atoms with Crippen molar-refractivity contribution in [2.75, 3.05) is 19.6 Å². The predicted octanol–water partition coefficient (Wildman–Crippen LogP) is 6.21. The van der Waals surface area contributed by atoms with Crippen LogP contribution in [0.15, 0.2) is 48.7 Å². The molecular formula is C28H36ClN3O2. The Bertz CT molecular complexity index is 1090. The Morgan fingerprint density at radius 1 is 1.15 bits per heavy atom. The van der Waals surface area contributed by atoms with Crippen LogP contribution in [0.2, 0.25) is 5.02 Å². The maximum Gasteiger partial charge on any atom is 0.251 e. The zero-order valence-electron chi connectivity index (χ0n) is 20.1. The fourth-order valence-electron chi connectivity index (χ4n) is 5.00. The van der Waals surface area contributed by atoms with Crippen molar-refractivity contribution in [2.45, 2.75) is 64.5 Å². The molecule has 4 rings (SSSR count). The van der Waals surface area contributed by atoms with Crippen molar-refractivity contribution in [3.8, 4) is 5.88 Å². The molecule has 1 atom stereocenters. The van der Waals surface area contributed by atoms with Crippen molar-refractivity contribution >= 4 is 28.3 Å². The van der Waals surface area contributed by atoms with E-state index in [9.17, 15) is 9.90 Å². The topological polar surface area (TPSA) is 57.5 Å². The van der Waals surface area contributed by atoms with E-state index < -0.39 is 0 Å². The lowest BCUT2D eigenvalue weighted by Gasteiger charge is -2.36. The van der Waals surface area contributed by atoms with Crippen LogP contribution >= 0.6 is 11.6 Å². The average Bonchev–Trinajstić information content (AvgIpc) is 3.16. The van der Waals surface area contributed by atoms with Crippen molar-refractivity contribution in [3.63, 3.8) is 0 Å². The number of rotatable bonds is 10. The Morgan fingerprint density at radius 2 is 1.97 bits per heavy atom. The van der Waals surface area contributed by atoms with Crippen molar-refractivity contribution in [2.24, 2.45) is 0 Å². The Morgan fingerprint density at radius 3 is 2.76 bits per heavy atom. The minimum absolute atomic E-state index is 0.0899. The largest absolute Gasteiger partial charge is 0.494 e. The molecule has 3 aromatic rings. The van der Waals surface area contributed by atoms with Gasteiger partial charge in [-0.15, -0.1) is 0 Å². The Labute approximate surface area is 207 Å². The Balaban J connectivity index is 1.32. The first-order valence-corrected chi connectivity index (χ1v) is 13.0. The zero-order valence-corrected chi connectivity index (χ0v) is 20.9. The summed E-state index contributed by atoms with van der Waals surface area (Å²) in [5.74, 6) is 0.0794. The fourth-order valence-corrected chi connectivity index (χ4v) is 5.13. The Hall–Kier alpha value is -2.50. The van der Waals surface area contributed by atoms with Crippen LogP contribution in [0.4, 0.5) is 0 Å². The van der Waals surface area contributed by atoms with E-state index in [4.69, 9.17) is 11.6 Å². The van der Waals surface area contributed by atoms with Gasteiger partial charge in [-0.2, -0.15) is 0 Å². The van der Waals surface area contributed by atoms with Gasteiger partial charge in [0.25, 0.3) is 5.91 Å². The molecule has 5 nitrogen and oxygen atoms in total. The fraction of sp³-hybridized carbons (Fsp3) is 0.464. The molecule has 0 aliphatic carbocycles. The minimum atomic E-state index is -0.0899. The number of aromatic hydroxyl groups is 1. The summed E-state index contributed by atoms with van der Waals surface area (Å²) in [5, 5.41) is 16.1. The molecule has 1 aliphatic heterocycles. The van der Waals surface area contributed by atoms with Crippen LogP contribution in [-0.2, 0) is 6.54 Å². The van der Waals surface area contributed by atoms with Gasteiger partial charge in [0.1, 0.15) is 0 Å². The first kappa shape index (κ1) is 24.6. The van der Waals surface area contributed by atoms with Crippen LogP contribution in [0.5, 0.6) is 5.88 Å².